The van der Waals surface area contributed by atoms with Crippen molar-refractivity contribution in [2.75, 3.05) is 10.8 Å². The van der Waals surface area contributed by atoms with Gasteiger partial charge in [0.1, 0.15) is 4.21 Å². The van der Waals surface area contributed by atoms with E-state index in [4.69, 9.17) is 5.11 Å². The topological polar surface area (TPSA) is 57.6 Å². The van der Waals surface area contributed by atoms with Gasteiger partial charge in [-0.05, 0) is 43.7 Å². The maximum absolute atomic E-state index is 12.7. The second-order valence-corrected chi connectivity index (χ2v) is 7.65. The van der Waals surface area contributed by atoms with Gasteiger partial charge in [0.2, 0.25) is 0 Å². The Balaban J connectivity index is 2.44. The number of rotatable bonds is 5. The van der Waals surface area contributed by atoms with Gasteiger partial charge < -0.3 is 5.11 Å². The van der Waals surface area contributed by atoms with Gasteiger partial charge in [-0.3, -0.25) is 4.31 Å². The summed E-state index contributed by atoms with van der Waals surface area (Å²) in [6, 6.07) is 10.6. The minimum atomic E-state index is -3.57. The maximum atomic E-state index is 12.7. The molecule has 0 spiro atoms. The van der Waals surface area contributed by atoms with Crippen molar-refractivity contribution in [2.24, 2.45) is 0 Å². The number of aliphatic hydroxyl groups excluding tert-OH is 1. The first kappa shape index (κ1) is 15.0. The van der Waals surface area contributed by atoms with Crippen LogP contribution in [0.25, 0.3) is 0 Å². The van der Waals surface area contributed by atoms with Crippen molar-refractivity contribution in [3.05, 3.63) is 46.8 Å². The van der Waals surface area contributed by atoms with Crippen molar-refractivity contribution in [1.82, 2.24) is 0 Å². The van der Waals surface area contributed by atoms with Crippen LogP contribution < -0.4 is 4.31 Å². The summed E-state index contributed by atoms with van der Waals surface area (Å²) in [7, 11) is -3.57. The Hall–Kier alpha value is -1.37. The number of thiophene rings is 1. The molecule has 20 heavy (non-hydrogen) atoms. The van der Waals surface area contributed by atoms with Crippen LogP contribution in [-0.2, 0) is 16.6 Å². The first-order valence-electron chi connectivity index (χ1n) is 6.28. The van der Waals surface area contributed by atoms with E-state index < -0.39 is 10.0 Å². The van der Waals surface area contributed by atoms with Gasteiger partial charge >= 0.3 is 0 Å². The van der Waals surface area contributed by atoms with E-state index in [0.29, 0.717) is 17.1 Å². The van der Waals surface area contributed by atoms with E-state index in [-0.39, 0.29) is 10.8 Å². The Morgan fingerprint density at radius 1 is 1.25 bits per heavy atom. The molecule has 0 fully saturated rings. The lowest BCUT2D eigenvalue weighted by Crippen LogP contribution is -2.30. The molecule has 0 saturated carbocycles. The van der Waals surface area contributed by atoms with Crippen LogP contribution in [-0.4, -0.2) is 20.1 Å². The molecular weight excluding hydrogens is 294 g/mol. The molecule has 0 aliphatic heterocycles. The fraction of sp³-hybridized carbons (Fsp3) is 0.286. The molecule has 1 N–H and O–H groups in total. The Kier molecular flexibility index (Phi) is 4.47. The van der Waals surface area contributed by atoms with Crippen LogP contribution in [0.2, 0.25) is 0 Å². The minimum absolute atomic E-state index is 0.142. The van der Waals surface area contributed by atoms with Crippen LogP contribution in [0.4, 0.5) is 5.69 Å². The molecule has 108 valence electrons. The summed E-state index contributed by atoms with van der Waals surface area (Å²) in [5.74, 6) is 0. The fourth-order valence-corrected chi connectivity index (χ4v) is 4.76. The number of hydrogen-bond acceptors (Lipinski definition) is 4. The molecule has 0 unspecified atom stereocenters. The second kappa shape index (κ2) is 5.95. The molecule has 0 amide bonds. The van der Waals surface area contributed by atoms with Crippen molar-refractivity contribution < 1.29 is 13.5 Å². The van der Waals surface area contributed by atoms with Gasteiger partial charge in [-0.2, -0.15) is 0 Å². The average Bonchev–Trinajstić information content (AvgIpc) is 2.89. The van der Waals surface area contributed by atoms with Gasteiger partial charge in [0, 0.05) is 11.4 Å². The third-order valence-corrected chi connectivity index (χ3v) is 6.35. The highest BCUT2D eigenvalue weighted by atomic mass is 32.2. The van der Waals surface area contributed by atoms with E-state index in [9.17, 15) is 8.42 Å². The Morgan fingerprint density at radius 3 is 2.55 bits per heavy atom. The van der Waals surface area contributed by atoms with Crippen LogP contribution in [0.5, 0.6) is 0 Å². The van der Waals surface area contributed by atoms with Crippen molar-refractivity contribution in [2.45, 2.75) is 24.7 Å². The number of aryl methyl sites for hydroxylation is 1. The summed E-state index contributed by atoms with van der Waals surface area (Å²) >= 11 is 1.10. The molecule has 2 aromatic rings. The van der Waals surface area contributed by atoms with Crippen molar-refractivity contribution in [3.63, 3.8) is 0 Å². The number of nitrogens with zero attached hydrogens (tertiary/aromatic N) is 1. The maximum Gasteiger partial charge on any atom is 0.273 e. The number of hydrogen-bond donors (Lipinski definition) is 1. The molecule has 0 aliphatic carbocycles. The first-order chi connectivity index (χ1) is 9.48. The van der Waals surface area contributed by atoms with Gasteiger partial charge in [-0.25, -0.2) is 8.42 Å². The van der Waals surface area contributed by atoms with E-state index in [1.54, 1.807) is 25.1 Å². The largest absolute Gasteiger partial charge is 0.391 e. The molecule has 1 heterocycles. The number of anilines is 1. The van der Waals surface area contributed by atoms with E-state index in [0.717, 1.165) is 16.9 Å². The monoisotopic (exact) mass is 311 g/mol. The first-order valence-corrected chi connectivity index (χ1v) is 8.53. The van der Waals surface area contributed by atoms with Gasteiger partial charge in [-0.15, -0.1) is 11.3 Å². The zero-order valence-electron chi connectivity index (χ0n) is 11.4. The van der Waals surface area contributed by atoms with Gasteiger partial charge in [0.25, 0.3) is 10.0 Å². The predicted octanol–water partition coefficient (Wildman–Crippen LogP) is 2.76. The lowest BCUT2D eigenvalue weighted by atomic mass is 10.2. The highest BCUT2D eigenvalue weighted by Gasteiger charge is 2.25. The summed E-state index contributed by atoms with van der Waals surface area (Å²) in [6.07, 6.45) is 0. The SMILES string of the molecule is CCN(c1cccc(C)c1)S(=O)(=O)c1ccc(CO)s1. The van der Waals surface area contributed by atoms with Crippen molar-refractivity contribution >= 4 is 27.0 Å². The predicted molar refractivity (Wildman–Crippen MR) is 81.6 cm³/mol. The zero-order valence-corrected chi connectivity index (χ0v) is 13.0. The molecular formula is C14H17NO3S2. The van der Waals surface area contributed by atoms with E-state index in [2.05, 4.69) is 0 Å². The van der Waals surface area contributed by atoms with Crippen LogP contribution in [0.1, 0.15) is 17.4 Å². The van der Waals surface area contributed by atoms with Crippen molar-refractivity contribution in [1.29, 1.82) is 0 Å². The van der Waals surface area contributed by atoms with E-state index >= 15 is 0 Å². The van der Waals surface area contributed by atoms with Gasteiger partial charge in [0.05, 0.1) is 12.3 Å². The average molecular weight is 311 g/mol. The molecule has 0 atom stereocenters. The van der Waals surface area contributed by atoms with Crippen molar-refractivity contribution in [3.8, 4) is 0 Å². The van der Waals surface area contributed by atoms with E-state index in [1.165, 1.54) is 4.31 Å². The lowest BCUT2D eigenvalue weighted by molar-refractivity contribution is 0.285. The zero-order chi connectivity index (χ0) is 14.8. The summed E-state index contributed by atoms with van der Waals surface area (Å²) in [5.41, 5.74) is 1.67. The highest BCUT2D eigenvalue weighted by molar-refractivity contribution is 7.94. The standard InChI is InChI=1S/C14H17NO3S2/c1-3-15(12-6-4-5-11(2)9-12)20(17,18)14-8-7-13(10-16)19-14/h4-9,16H,3,10H2,1-2H3. The normalized spacial score (nSPS) is 11.6. The fourth-order valence-electron chi connectivity index (χ4n) is 1.96. The third kappa shape index (κ3) is 2.87. The summed E-state index contributed by atoms with van der Waals surface area (Å²) in [6.45, 7) is 3.95. The smallest absolute Gasteiger partial charge is 0.273 e. The summed E-state index contributed by atoms with van der Waals surface area (Å²) < 4.78 is 27.0. The van der Waals surface area contributed by atoms with Crippen LogP contribution in [0.3, 0.4) is 0 Å². The van der Waals surface area contributed by atoms with Gasteiger partial charge in [-0.1, -0.05) is 12.1 Å². The molecule has 1 aromatic heterocycles. The third-order valence-electron chi connectivity index (χ3n) is 2.91. The molecule has 2 rings (SSSR count). The second-order valence-electron chi connectivity index (χ2n) is 4.39. The number of sulfonamides is 1. The molecule has 0 bridgehead atoms. The molecule has 0 saturated heterocycles. The van der Waals surface area contributed by atoms with E-state index in [1.807, 2.05) is 25.1 Å². The number of aliphatic hydroxyl groups is 1. The quantitative estimate of drug-likeness (QED) is 0.923. The molecule has 0 radical (unpaired) electrons. The molecule has 6 heteroatoms. The number of benzene rings is 1. The highest BCUT2D eigenvalue weighted by Crippen LogP contribution is 2.28. The summed E-state index contributed by atoms with van der Waals surface area (Å²) in [5, 5.41) is 9.07. The van der Waals surface area contributed by atoms with Crippen LogP contribution in [0, 0.1) is 6.92 Å². The lowest BCUT2D eigenvalue weighted by Gasteiger charge is -2.22. The van der Waals surface area contributed by atoms with Gasteiger partial charge in [0.15, 0.2) is 0 Å². The minimum Gasteiger partial charge on any atom is -0.391 e. The molecule has 0 aliphatic rings. The summed E-state index contributed by atoms with van der Waals surface area (Å²) in [4.78, 5) is 0.642. The van der Waals surface area contributed by atoms with Crippen LogP contribution >= 0.6 is 11.3 Å². The Bertz CT molecular complexity index is 692. The Morgan fingerprint density at radius 2 is 2.00 bits per heavy atom. The van der Waals surface area contributed by atoms with Crippen LogP contribution in [0.15, 0.2) is 40.6 Å². The molecule has 4 nitrogen and oxygen atoms in total. The molecule has 1 aromatic carbocycles. The Labute approximate surface area is 123 Å².